The first-order chi connectivity index (χ1) is 14.3. The molecule has 0 fully saturated rings. The number of rotatable bonds is 8. The second-order valence-electron chi connectivity index (χ2n) is 6.69. The summed E-state index contributed by atoms with van der Waals surface area (Å²) in [4.78, 5) is 19.3. The predicted octanol–water partition coefficient (Wildman–Crippen LogP) is 4.41. The van der Waals surface area contributed by atoms with E-state index in [-0.39, 0.29) is 10.8 Å². The van der Waals surface area contributed by atoms with Crippen molar-refractivity contribution in [3.63, 3.8) is 0 Å². The van der Waals surface area contributed by atoms with Crippen LogP contribution >= 0.6 is 22.9 Å². The smallest absolute Gasteiger partial charge is 0.265 e. The van der Waals surface area contributed by atoms with Crippen LogP contribution in [-0.4, -0.2) is 50.7 Å². The molecule has 0 atom stereocenters. The topological polar surface area (TPSA) is 76.6 Å². The fraction of sp³-hybridized carbons (Fsp3) is 0.238. The Kier molecular flexibility index (Phi) is 7.12. The zero-order chi connectivity index (χ0) is 21.7. The number of amides is 1. The molecule has 3 rings (SSSR count). The minimum atomic E-state index is -3.28. The Morgan fingerprint density at radius 1 is 1.20 bits per heavy atom. The van der Waals surface area contributed by atoms with Gasteiger partial charge >= 0.3 is 0 Å². The normalized spacial score (nSPS) is 11.3. The van der Waals surface area contributed by atoms with Gasteiger partial charge in [-0.3, -0.25) is 4.79 Å². The third kappa shape index (κ3) is 5.59. The fourth-order valence-corrected chi connectivity index (χ4v) is 4.60. The number of aromatic nitrogens is 1. The van der Waals surface area contributed by atoms with Crippen LogP contribution in [0.4, 0.5) is 0 Å². The first kappa shape index (κ1) is 22.3. The molecule has 1 heterocycles. The van der Waals surface area contributed by atoms with Crippen LogP contribution in [0.2, 0.25) is 5.02 Å². The predicted molar refractivity (Wildman–Crippen MR) is 119 cm³/mol. The van der Waals surface area contributed by atoms with Crippen molar-refractivity contribution < 1.29 is 17.9 Å². The number of ether oxygens (including phenoxy) is 1. The number of sulfone groups is 1. The average molecular weight is 465 g/mol. The zero-order valence-corrected chi connectivity index (χ0v) is 18.9. The molecule has 2 aromatic carbocycles. The molecule has 30 heavy (non-hydrogen) atoms. The van der Waals surface area contributed by atoms with Gasteiger partial charge in [0.25, 0.3) is 5.91 Å². The molecule has 0 bridgehead atoms. The van der Waals surface area contributed by atoms with Crippen molar-refractivity contribution in [2.24, 2.45) is 0 Å². The molecule has 0 aliphatic carbocycles. The Morgan fingerprint density at radius 2 is 1.97 bits per heavy atom. The molecular weight excluding hydrogens is 444 g/mol. The summed E-state index contributed by atoms with van der Waals surface area (Å²) in [6.45, 7) is 0.850. The molecule has 158 valence electrons. The Hall–Kier alpha value is -2.42. The van der Waals surface area contributed by atoms with Crippen LogP contribution in [0.15, 0.2) is 59.6 Å². The second-order valence-corrected chi connectivity index (χ2v) is 10.1. The van der Waals surface area contributed by atoms with E-state index >= 15 is 0 Å². The number of hydrogen-bond donors (Lipinski definition) is 0. The maximum absolute atomic E-state index is 12.6. The van der Waals surface area contributed by atoms with E-state index in [1.165, 1.54) is 23.5 Å². The summed E-state index contributed by atoms with van der Waals surface area (Å²) in [6.07, 6.45) is 3.32. The maximum atomic E-state index is 12.6. The number of carbonyl (C=O) groups is 1. The fourth-order valence-electron chi connectivity index (χ4n) is 2.71. The summed E-state index contributed by atoms with van der Waals surface area (Å²) in [6, 6.07) is 13.8. The summed E-state index contributed by atoms with van der Waals surface area (Å²) >= 11 is 7.51. The van der Waals surface area contributed by atoms with Gasteiger partial charge in [-0.1, -0.05) is 35.9 Å². The van der Waals surface area contributed by atoms with Crippen LogP contribution in [0.25, 0.3) is 10.6 Å². The molecule has 1 aromatic heterocycles. The molecule has 0 aliphatic heterocycles. The van der Waals surface area contributed by atoms with Gasteiger partial charge in [0, 0.05) is 25.4 Å². The minimum absolute atomic E-state index is 0.120. The van der Waals surface area contributed by atoms with Gasteiger partial charge in [-0.05, 0) is 30.7 Å². The third-order valence-electron chi connectivity index (χ3n) is 4.31. The SMILES string of the molecule is CN(CCCOc1cccc(S(C)(=O)=O)c1)C(=O)c1cnc(-c2ccccc2Cl)s1. The van der Waals surface area contributed by atoms with E-state index in [0.29, 0.717) is 40.2 Å². The van der Waals surface area contributed by atoms with Crippen molar-refractivity contribution in [1.82, 2.24) is 9.88 Å². The summed E-state index contributed by atoms with van der Waals surface area (Å²) in [5.41, 5.74) is 0.801. The molecule has 0 saturated carbocycles. The Balaban J connectivity index is 1.53. The van der Waals surface area contributed by atoms with E-state index < -0.39 is 9.84 Å². The summed E-state index contributed by atoms with van der Waals surface area (Å²) < 4.78 is 28.9. The quantitative estimate of drug-likeness (QED) is 0.461. The van der Waals surface area contributed by atoms with Crippen molar-refractivity contribution in [3.8, 4) is 16.3 Å². The highest BCUT2D eigenvalue weighted by atomic mass is 35.5. The molecule has 0 N–H and O–H groups in total. The summed E-state index contributed by atoms with van der Waals surface area (Å²) in [5.74, 6) is 0.364. The van der Waals surface area contributed by atoms with Crippen molar-refractivity contribution >= 4 is 38.7 Å². The lowest BCUT2D eigenvalue weighted by atomic mass is 10.2. The van der Waals surface area contributed by atoms with Gasteiger partial charge in [-0.15, -0.1) is 11.3 Å². The van der Waals surface area contributed by atoms with E-state index in [1.807, 2.05) is 18.2 Å². The maximum Gasteiger partial charge on any atom is 0.265 e. The molecule has 0 spiro atoms. The number of carbonyl (C=O) groups excluding carboxylic acids is 1. The minimum Gasteiger partial charge on any atom is -0.493 e. The van der Waals surface area contributed by atoms with Gasteiger partial charge in [0.15, 0.2) is 9.84 Å². The highest BCUT2D eigenvalue weighted by molar-refractivity contribution is 7.90. The van der Waals surface area contributed by atoms with E-state index in [9.17, 15) is 13.2 Å². The molecule has 3 aromatic rings. The van der Waals surface area contributed by atoms with Crippen LogP contribution in [-0.2, 0) is 9.84 Å². The highest BCUT2D eigenvalue weighted by Gasteiger charge is 2.17. The standard InChI is InChI=1S/C21H21ClN2O4S2/c1-24(11-6-12-28-15-7-5-8-16(13-15)30(2,26)27)21(25)19-14-23-20(29-19)17-9-3-4-10-18(17)22/h3-5,7-10,13-14H,6,11-12H2,1-2H3. The van der Waals surface area contributed by atoms with Crippen molar-refractivity contribution in [1.29, 1.82) is 0 Å². The van der Waals surface area contributed by atoms with Gasteiger partial charge in [-0.25, -0.2) is 13.4 Å². The Bertz CT molecular complexity index is 1150. The lowest BCUT2D eigenvalue weighted by Gasteiger charge is -2.16. The molecular formula is C21H21ClN2O4S2. The first-order valence-corrected chi connectivity index (χ1v) is 12.2. The summed E-state index contributed by atoms with van der Waals surface area (Å²) in [7, 11) is -1.55. The second kappa shape index (κ2) is 9.59. The molecule has 0 radical (unpaired) electrons. The van der Waals surface area contributed by atoms with Crippen LogP contribution in [0.5, 0.6) is 5.75 Å². The number of nitrogens with zero attached hydrogens (tertiary/aromatic N) is 2. The van der Waals surface area contributed by atoms with Crippen LogP contribution in [0.1, 0.15) is 16.1 Å². The molecule has 1 amide bonds. The molecule has 0 saturated heterocycles. The summed E-state index contributed by atoms with van der Waals surface area (Å²) in [5, 5.41) is 1.29. The van der Waals surface area contributed by atoms with Gasteiger partial charge in [-0.2, -0.15) is 0 Å². The Morgan fingerprint density at radius 3 is 2.70 bits per heavy atom. The van der Waals surface area contributed by atoms with E-state index in [2.05, 4.69) is 4.98 Å². The zero-order valence-electron chi connectivity index (χ0n) is 16.5. The van der Waals surface area contributed by atoms with Crippen LogP contribution in [0.3, 0.4) is 0 Å². The van der Waals surface area contributed by atoms with Gasteiger partial charge in [0.1, 0.15) is 15.6 Å². The molecule has 9 heteroatoms. The van der Waals surface area contributed by atoms with Crippen LogP contribution < -0.4 is 4.74 Å². The third-order valence-corrected chi connectivity index (χ3v) is 6.77. The highest BCUT2D eigenvalue weighted by Crippen LogP contribution is 2.31. The molecule has 6 nitrogen and oxygen atoms in total. The molecule has 0 aliphatic rings. The lowest BCUT2D eigenvalue weighted by molar-refractivity contribution is 0.0792. The number of hydrogen-bond acceptors (Lipinski definition) is 6. The van der Waals surface area contributed by atoms with Crippen LogP contribution in [0, 0.1) is 0 Å². The van der Waals surface area contributed by atoms with E-state index in [1.54, 1.807) is 36.3 Å². The van der Waals surface area contributed by atoms with E-state index in [4.69, 9.17) is 16.3 Å². The average Bonchev–Trinajstić information content (AvgIpc) is 3.20. The lowest BCUT2D eigenvalue weighted by Crippen LogP contribution is -2.28. The van der Waals surface area contributed by atoms with Gasteiger partial charge < -0.3 is 9.64 Å². The monoisotopic (exact) mass is 464 g/mol. The Labute approximate surface area is 185 Å². The van der Waals surface area contributed by atoms with Gasteiger partial charge in [0.05, 0.1) is 22.7 Å². The van der Waals surface area contributed by atoms with Crippen molar-refractivity contribution in [3.05, 3.63) is 64.6 Å². The number of benzene rings is 2. The number of halogens is 1. The number of thiazole rings is 1. The molecule has 0 unspecified atom stereocenters. The van der Waals surface area contributed by atoms with Crippen molar-refractivity contribution in [2.45, 2.75) is 11.3 Å². The largest absolute Gasteiger partial charge is 0.493 e. The van der Waals surface area contributed by atoms with E-state index in [0.717, 1.165) is 11.8 Å². The van der Waals surface area contributed by atoms with Gasteiger partial charge in [0.2, 0.25) is 0 Å². The first-order valence-electron chi connectivity index (χ1n) is 9.15. The van der Waals surface area contributed by atoms with Crippen molar-refractivity contribution in [2.75, 3.05) is 26.5 Å².